The summed E-state index contributed by atoms with van der Waals surface area (Å²) >= 11 is 0. The zero-order chi connectivity index (χ0) is 17.4. The van der Waals surface area contributed by atoms with Crippen molar-refractivity contribution in [2.75, 3.05) is 4.72 Å². The Balaban J connectivity index is 2.48. The molecule has 0 amide bonds. The van der Waals surface area contributed by atoms with Crippen LogP contribution in [0.4, 0.5) is 5.69 Å². The van der Waals surface area contributed by atoms with E-state index in [9.17, 15) is 13.2 Å². The van der Waals surface area contributed by atoms with Gasteiger partial charge < -0.3 is 5.11 Å². The van der Waals surface area contributed by atoms with Gasteiger partial charge in [-0.2, -0.15) is 0 Å². The number of carboxylic acid groups (broad SMARTS) is 1. The highest BCUT2D eigenvalue weighted by molar-refractivity contribution is 7.92. The third-order valence-electron chi connectivity index (χ3n) is 3.59. The number of sulfonamides is 1. The molecular weight excluding hydrogens is 314 g/mol. The molecule has 6 heteroatoms. The van der Waals surface area contributed by atoms with Crippen molar-refractivity contribution in [1.29, 1.82) is 0 Å². The van der Waals surface area contributed by atoms with Crippen molar-refractivity contribution in [2.24, 2.45) is 0 Å². The van der Waals surface area contributed by atoms with Crippen molar-refractivity contribution in [3.63, 3.8) is 0 Å². The lowest BCUT2D eigenvalue weighted by molar-refractivity contribution is 0.0696. The molecule has 2 aromatic carbocycles. The third kappa shape index (κ3) is 3.53. The number of carboxylic acids is 1. The first-order valence-electron chi connectivity index (χ1n) is 7.06. The van der Waals surface area contributed by atoms with Gasteiger partial charge in [-0.1, -0.05) is 23.8 Å². The van der Waals surface area contributed by atoms with Gasteiger partial charge in [-0.15, -0.1) is 0 Å². The number of anilines is 1. The third-order valence-corrected chi connectivity index (χ3v) is 5.28. The average molecular weight is 333 g/mol. The van der Waals surface area contributed by atoms with E-state index in [4.69, 9.17) is 5.11 Å². The molecule has 2 rings (SSSR count). The highest BCUT2D eigenvalue weighted by Gasteiger charge is 2.20. The Hall–Kier alpha value is -2.34. The summed E-state index contributed by atoms with van der Waals surface area (Å²) < 4.78 is 27.8. The van der Waals surface area contributed by atoms with Crippen molar-refractivity contribution in [3.8, 4) is 0 Å². The van der Waals surface area contributed by atoms with Crippen LogP contribution in [0.5, 0.6) is 0 Å². The second-order valence-corrected chi connectivity index (χ2v) is 7.29. The van der Waals surface area contributed by atoms with Gasteiger partial charge in [0.1, 0.15) is 0 Å². The summed E-state index contributed by atoms with van der Waals surface area (Å²) in [6.07, 6.45) is 0. The molecular formula is C17H19NO4S. The number of carbonyl (C=O) groups is 1. The zero-order valence-electron chi connectivity index (χ0n) is 13.5. The quantitative estimate of drug-likeness (QED) is 0.898. The maximum Gasteiger partial charge on any atom is 0.336 e. The molecule has 5 nitrogen and oxygen atoms in total. The van der Waals surface area contributed by atoms with Gasteiger partial charge in [0.15, 0.2) is 0 Å². The Labute approximate surface area is 136 Å². The molecule has 0 aliphatic heterocycles. The second kappa shape index (κ2) is 6.04. The second-order valence-electron chi connectivity index (χ2n) is 5.67. The van der Waals surface area contributed by atoms with Crippen molar-refractivity contribution in [3.05, 3.63) is 58.1 Å². The van der Waals surface area contributed by atoms with E-state index in [-0.39, 0.29) is 16.1 Å². The van der Waals surface area contributed by atoms with Crippen LogP contribution >= 0.6 is 0 Å². The first kappa shape index (κ1) is 17.0. The van der Waals surface area contributed by atoms with Crippen molar-refractivity contribution >= 4 is 21.7 Å². The molecule has 0 saturated heterocycles. The van der Waals surface area contributed by atoms with E-state index in [1.54, 1.807) is 45.0 Å². The monoisotopic (exact) mass is 333 g/mol. The fourth-order valence-corrected chi connectivity index (χ4v) is 4.22. The minimum Gasteiger partial charge on any atom is -0.478 e. The lowest BCUT2D eigenvalue weighted by atomic mass is 10.1. The molecule has 0 atom stereocenters. The Kier molecular flexibility index (Phi) is 4.47. The van der Waals surface area contributed by atoms with Gasteiger partial charge in [-0.3, -0.25) is 4.72 Å². The van der Waals surface area contributed by atoms with Crippen LogP contribution in [-0.4, -0.2) is 19.5 Å². The highest BCUT2D eigenvalue weighted by atomic mass is 32.2. The molecule has 122 valence electrons. The SMILES string of the molecule is Cc1cc(C)c(S(=O)(=O)Nc2ccc(C)c(C(=O)O)c2)c(C)c1. The van der Waals surface area contributed by atoms with Crippen molar-refractivity contribution < 1.29 is 18.3 Å². The largest absolute Gasteiger partial charge is 0.478 e. The predicted molar refractivity (Wildman–Crippen MR) is 89.6 cm³/mol. The average Bonchev–Trinajstić information content (AvgIpc) is 2.38. The van der Waals surface area contributed by atoms with Gasteiger partial charge in [0.25, 0.3) is 10.0 Å². The van der Waals surface area contributed by atoms with Crippen LogP contribution in [0.2, 0.25) is 0 Å². The smallest absolute Gasteiger partial charge is 0.336 e. The highest BCUT2D eigenvalue weighted by Crippen LogP contribution is 2.25. The summed E-state index contributed by atoms with van der Waals surface area (Å²) in [6.45, 7) is 7.05. The first-order valence-corrected chi connectivity index (χ1v) is 8.55. The molecule has 0 heterocycles. The number of benzene rings is 2. The summed E-state index contributed by atoms with van der Waals surface area (Å²) in [4.78, 5) is 11.4. The van der Waals surface area contributed by atoms with Crippen molar-refractivity contribution in [1.82, 2.24) is 0 Å². The van der Waals surface area contributed by atoms with Crippen LogP contribution in [0.15, 0.2) is 35.2 Å². The molecule has 0 bridgehead atoms. The number of aryl methyl sites for hydroxylation is 4. The Morgan fingerprint density at radius 3 is 2.04 bits per heavy atom. The van der Waals surface area contributed by atoms with Crippen molar-refractivity contribution in [2.45, 2.75) is 32.6 Å². The lowest BCUT2D eigenvalue weighted by Gasteiger charge is -2.14. The van der Waals surface area contributed by atoms with Crippen LogP contribution in [0, 0.1) is 27.7 Å². The molecule has 2 aromatic rings. The maximum absolute atomic E-state index is 12.7. The Bertz CT molecular complexity index is 862. The minimum atomic E-state index is -3.79. The van der Waals surface area contributed by atoms with E-state index in [2.05, 4.69) is 4.72 Å². The molecule has 0 aromatic heterocycles. The molecule has 0 aliphatic rings. The van der Waals surface area contributed by atoms with Gasteiger partial charge in [0.2, 0.25) is 0 Å². The minimum absolute atomic E-state index is 0.0718. The summed E-state index contributed by atoms with van der Waals surface area (Å²) in [5.41, 5.74) is 3.17. The van der Waals surface area contributed by atoms with Crippen LogP contribution < -0.4 is 4.72 Å². The zero-order valence-corrected chi connectivity index (χ0v) is 14.3. The summed E-state index contributed by atoms with van der Waals surface area (Å²) in [6, 6.07) is 8.07. The van der Waals surface area contributed by atoms with E-state index < -0.39 is 16.0 Å². The molecule has 0 aliphatic carbocycles. The van der Waals surface area contributed by atoms with Gasteiger partial charge in [0.05, 0.1) is 10.5 Å². The van der Waals surface area contributed by atoms with E-state index in [1.165, 1.54) is 6.07 Å². The van der Waals surface area contributed by atoms with Crippen LogP contribution in [0.25, 0.3) is 0 Å². The summed E-state index contributed by atoms with van der Waals surface area (Å²) in [7, 11) is -3.79. The number of nitrogens with one attached hydrogen (secondary N) is 1. The molecule has 0 spiro atoms. The van der Waals surface area contributed by atoms with Gasteiger partial charge in [-0.05, 0) is 56.5 Å². The predicted octanol–water partition coefficient (Wildman–Crippen LogP) is 3.42. The number of hydrogen-bond acceptors (Lipinski definition) is 3. The molecule has 0 fully saturated rings. The number of hydrogen-bond donors (Lipinski definition) is 2. The van der Waals surface area contributed by atoms with Crippen LogP contribution in [0.3, 0.4) is 0 Å². The van der Waals surface area contributed by atoms with E-state index >= 15 is 0 Å². The molecule has 0 saturated carbocycles. The molecule has 2 N–H and O–H groups in total. The molecule has 0 unspecified atom stereocenters. The molecule has 23 heavy (non-hydrogen) atoms. The van der Waals surface area contributed by atoms with E-state index in [0.717, 1.165) is 5.56 Å². The first-order chi connectivity index (χ1) is 10.6. The summed E-state index contributed by atoms with van der Waals surface area (Å²) in [5.74, 6) is -1.09. The fraction of sp³-hybridized carbons (Fsp3) is 0.235. The standard InChI is InChI=1S/C17H19NO4S/c1-10-7-12(3)16(13(4)8-10)23(21,22)18-14-6-5-11(2)15(9-14)17(19)20/h5-9,18H,1-4H3,(H,19,20). The lowest BCUT2D eigenvalue weighted by Crippen LogP contribution is -2.16. The Morgan fingerprint density at radius 1 is 0.957 bits per heavy atom. The number of aromatic carboxylic acids is 1. The number of rotatable bonds is 4. The van der Waals surface area contributed by atoms with Gasteiger partial charge >= 0.3 is 5.97 Å². The Morgan fingerprint density at radius 2 is 1.52 bits per heavy atom. The normalized spacial score (nSPS) is 11.3. The van der Waals surface area contributed by atoms with Crippen LogP contribution in [0.1, 0.15) is 32.6 Å². The van der Waals surface area contributed by atoms with E-state index in [1.807, 2.05) is 6.92 Å². The topological polar surface area (TPSA) is 83.5 Å². The maximum atomic E-state index is 12.7. The van der Waals surface area contributed by atoms with Crippen LogP contribution in [-0.2, 0) is 10.0 Å². The van der Waals surface area contributed by atoms with E-state index in [0.29, 0.717) is 16.7 Å². The molecule has 0 radical (unpaired) electrons. The fourth-order valence-electron chi connectivity index (χ4n) is 2.71. The van der Waals surface area contributed by atoms with Gasteiger partial charge in [0, 0.05) is 5.69 Å². The van der Waals surface area contributed by atoms with Gasteiger partial charge in [-0.25, -0.2) is 13.2 Å². The summed E-state index contributed by atoms with van der Waals surface area (Å²) in [5, 5.41) is 9.15.